The monoisotopic (exact) mass is 242 g/mol. The van der Waals surface area contributed by atoms with Crippen LogP contribution < -0.4 is 0 Å². The quantitative estimate of drug-likeness (QED) is 0.469. The highest BCUT2D eigenvalue weighted by Crippen LogP contribution is 2.14. The predicted octanol–water partition coefficient (Wildman–Crippen LogP) is 2.95. The lowest BCUT2D eigenvalue weighted by Crippen LogP contribution is -2.02. The third-order valence-corrected chi connectivity index (χ3v) is 2.79. The Bertz CT molecular complexity index is 577. The van der Waals surface area contributed by atoms with Crippen LogP contribution in [0.5, 0.6) is 0 Å². The Morgan fingerprint density at radius 3 is 2.67 bits per heavy atom. The van der Waals surface area contributed by atoms with Crippen LogP contribution in [0.25, 0.3) is 16.1 Å². The highest BCUT2D eigenvalue weighted by atomic mass is 15.4. The van der Waals surface area contributed by atoms with E-state index in [4.69, 9.17) is 5.53 Å². The Balaban J connectivity index is 2.31. The first-order valence-electron chi connectivity index (χ1n) is 5.77. The van der Waals surface area contributed by atoms with Gasteiger partial charge in [-0.3, -0.25) is 0 Å². The van der Waals surface area contributed by atoms with Gasteiger partial charge in [-0.25, -0.2) is 4.68 Å². The van der Waals surface area contributed by atoms with Crippen molar-refractivity contribution in [1.29, 1.82) is 0 Å². The molecule has 0 radical (unpaired) electrons. The number of aryl methyl sites for hydroxylation is 1. The summed E-state index contributed by atoms with van der Waals surface area (Å²) in [6, 6.07) is 7.77. The molecule has 0 unspecified atom stereocenters. The summed E-state index contributed by atoms with van der Waals surface area (Å²) >= 11 is 0. The molecular formula is C12H14N6. The lowest BCUT2D eigenvalue weighted by molar-refractivity contribution is 0.766. The SMILES string of the molecule is CCc1c(C)nnn1-c1ccc(CN=[N+]=[N-])cc1. The van der Waals surface area contributed by atoms with Crippen LogP contribution in [0.15, 0.2) is 29.4 Å². The average Bonchev–Trinajstić information content (AvgIpc) is 2.78. The summed E-state index contributed by atoms with van der Waals surface area (Å²) in [5, 5.41) is 11.7. The maximum atomic E-state index is 8.27. The van der Waals surface area contributed by atoms with Crippen LogP contribution in [0.2, 0.25) is 0 Å². The largest absolute Gasteiger partial charge is 0.217 e. The smallest absolute Gasteiger partial charge is 0.0832 e. The van der Waals surface area contributed by atoms with Gasteiger partial charge in [-0.2, -0.15) is 0 Å². The fraction of sp³-hybridized carbons (Fsp3) is 0.333. The van der Waals surface area contributed by atoms with E-state index in [1.54, 1.807) is 0 Å². The number of aromatic nitrogens is 3. The van der Waals surface area contributed by atoms with Gasteiger partial charge in [0.15, 0.2) is 0 Å². The molecule has 0 spiro atoms. The summed E-state index contributed by atoms with van der Waals surface area (Å²) in [7, 11) is 0. The topological polar surface area (TPSA) is 79.5 Å². The Labute approximate surface area is 105 Å². The third-order valence-electron chi connectivity index (χ3n) is 2.79. The van der Waals surface area contributed by atoms with Gasteiger partial charge in [-0.05, 0) is 36.6 Å². The molecular weight excluding hydrogens is 228 g/mol. The summed E-state index contributed by atoms with van der Waals surface area (Å²) < 4.78 is 1.84. The standard InChI is InChI=1S/C12H14N6/c1-3-12-9(2)15-17-18(12)11-6-4-10(5-7-11)8-14-16-13/h4-7H,3,8H2,1-2H3. The van der Waals surface area contributed by atoms with Crippen molar-refractivity contribution >= 4 is 0 Å². The van der Waals surface area contributed by atoms with Crippen LogP contribution in [0, 0.1) is 6.92 Å². The summed E-state index contributed by atoms with van der Waals surface area (Å²) in [5.74, 6) is 0. The van der Waals surface area contributed by atoms with Crippen molar-refractivity contribution in [2.24, 2.45) is 5.11 Å². The van der Waals surface area contributed by atoms with Gasteiger partial charge >= 0.3 is 0 Å². The Morgan fingerprint density at radius 2 is 2.06 bits per heavy atom. The molecule has 1 aromatic heterocycles. The molecule has 6 heteroatoms. The molecule has 2 aromatic rings. The number of hydrogen-bond acceptors (Lipinski definition) is 3. The van der Waals surface area contributed by atoms with Crippen LogP contribution in [0.3, 0.4) is 0 Å². The summed E-state index contributed by atoms with van der Waals surface area (Å²) in [6.45, 7) is 4.41. The van der Waals surface area contributed by atoms with Crippen LogP contribution in [-0.2, 0) is 13.0 Å². The minimum absolute atomic E-state index is 0.369. The second-order valence-corrected chi connectivity index (χ2v) is 3.94. The number of nitrogens with zero attached hydrogens (tertiary/aromatic N) is 6. The maximum Gasteiger partial charge on any atom is 0.0832 e. The maximum absolute atomic E-state index is 8.27. The molecule has 1 aromatic carbocycles. The van der Waals surface area contributed by atoms with Gasteiger partial charge in [0.25, 0.3) is 0 Å². The highest BCUT2D eigenvalue weighted by Gasteiger charge is 2.08. The fourth-order valence-electron chi connectivity index (χ4n) is 1.85. The molecule has 92 valence electrons. The van der Waals surface area contributed by atoms with Crippen molar-refractivity contribution < 1.29 is 0 Å². The minimum atomic E-state index is 0.369. The fourth-order valence-corrected chi connectivity index (χ4v) is 1.85. The van der Waals surface area contributed by atoms with E-state index in [9.17, 15) is 0 Å². The molecule has 0 saturated heterocycles. The second kappa shape index (κ2) is 5.33. The van der Waals surface area contributed by atoms with Crippen LogP contribution in [0.4, 0.5) is 0 Å². The molecule has 0 fully saturated rings. The van der Waals surface area contributed by atoms with Crippen molar-refractivity contribution in [3.05, 3.63) is 51.7 Å². The van der Waals surface area contributed by atoms with Crippen molar-refractivity contribution in [3.8, 4) is 5.69 Å². The first-order valence-corrected chi connectivity index (χ1v) is 5.77. The van der Waals surface area contributed by atoms with Gasteiger partial charge in [-0.15, -0.1) is 5.10 Å². The van der Waals surface area contributed by atoms with E-state index in [0.717, 1.165) is 29.1 Å². The first kappa shape index (κ1) is 12.1. The minimum Gasteiger partial charge on any atom is -0.217 e. The van der Waals surface area contributed by atoms with E-state index in [0.29, 0.717) is 6.54 Å². The average molecular weight is 242 g/mol. The van der Waals surface area contributed by atoms with Gasteiger partial charge in [0, 0.05) is 4.91 Å². The van der Waals surface area contributed by atoms with E-state index in [-0.39, 0.29) is 0 Å². The van der Waals surface area contributed by atoms with E-state index in [1.165, 1.54) is 0 Å². The van der Waals surface area contributed by atoms with Crippen LogP contribution in [-0.4, -0.2) is 15.0 Å². The predicted molar refractivity (Wildman–Crippen MR) is 68.3 cm³/mol. The molecule has 0 N–H and O–H groups in total. The zero-order chi connectivity index (χ0) is 13.0. The molecule has 2 rings (SSSR count). The number of hydrogen-bond donors (Lipinski definition) is 0. The van der Waals surface area contributed by atoms with Crippen molar-refractivity contribution in [2.75, 3.05) is 0 Å². The Morgan fingerprint density at radius 1 is 1.33 bits per heavy atom. The van der Waals surface area contributed by atoms with Gasteiger partial charge < -0.3 is 0 Å². The van der Waals surface area contributed by atoms with E-state index >= 15 is 0 Å². The summed E-state index contributed by atoms with van der Waals surface area (Å²) in [6.07, 6.45) is 0.888. The van der Waals surface area contributed by atoms with Crippen molar-refractivity contribution in [3.63, 3.8) is 0 Å². The Hall–Kier alpha value is -2.33. The first-order chi connectivity index (χ1) is 8.76. The van der Waals surface area contributed by atoms with Gasteiger partial charge in [-0.1, -0.05) is 29.4 Å². The molecule has 0 aliphatic heterocycles. The van der Waals surface area contributed by atoms with E-state index in [2.05, 4.69) is 27.3 Å². The lowest BCUT2D eigenvalue weighted by atomic mass is 10.2. The van der Waals surface area contributed by atoms with Crippen LogP contribution in [0.1, 0.15) is 23.9 Å². The molecule has 18 heavy (non-hydrogen) atoms. The highest BCUT2D eigenvalue weighted by molar-refractivity contribution is 5.36. The molecule has 0 aliphatic carbocycles. The molecule has 0 saturated carbocycles. The second-order valence-electron chi connectivity index (χ2n) is 3.94. The van der Waals surface area contributed by atoms with Crippen molar-refractivity contribution in [2.45, 2.75) is 26.8 Å². The number of rotatable bonds is 4. The molecule has 0 bridgehead atoms. The molecule has 0 amide bonds. The molecule has 0 atom stereocenters. The summed E-state index contributed by atoms with van der Waals surface area (Å²) in [5.41, 5.74) is 12.3. The van der Waals surface area contributed by atoms with E-state index in [1.807, 2.05) is 35.9 Å². The molecule has 0 aliphatic rings. The van der Waals surface area contributed by atoms with Gasteiger partial charge in [0.1, 0.15) is 0 Å². The zero-order valence-electron chi connectivity index (χ0n) is 10.4. The van der Waals surface area contributed by atoms with E-state index < -0.39 is 0 Å². The van der Waals surface area contributed by atoms with Gasteiger partial charge in [0.2, 0.25) is 0 Å². The summed E-state index contributed by atoms with van der Waals surface area (Å²) in [4.78, 5) is 2.74. The third kappa shape index (κ3) is 2.33. The molecule has 1 heterocycles. The van der Waals surface area contributed by atoms with Crippen LogP contribution >= 0.6 is 0 Å². The normalized spacial score (nSPS) is 10.1. The van der Waals surface area contributed by atoms with Crippen molar-refractivity contribution in [1.82, 2.24) is 15.0 Å². The lowest BCUT2D eigenvalue weighted by Gasteiger charge is -2.05. The Kier molecular flexibility index (Phi) is 3.60. The molecule has 6 nitrogen and oxygen atoms in total. The zero-order valence-corrected chi connectivity index (χ0v) is 10.4. The number of azide groups is 1. The van der Waals surface area contributed by atoms with Gasteiger partial charge in [0.05, 0.1) is 23.6 Å². The number of benzene rings is 1.